The van der Waals surface area contributed by atoms with Gasteiger partial charge in [0.1, 0.15) is 11.9 Å². The van der Waals surface area contributed by atoms with Gasteiger partial charge in [-0.3, -0.25) is 4.79 Å². The summed E-state index contributed by atoms with van der Waals surface area (Å²) in [5, 5.41) is 4.05. The predicted molar refractivity (Wildman–Crippen MR) is 91.3 cm³/mol. The summed E-state index contributed by atoms with van der Waals surface area (Å²) >= 11 is 0. The number of methoxy groups -OCH3 is 1. The second kappa shape index (κ2) is 7.31. The van der Waals surface area contributed by atoms with Gasteiger partial charge in [-0.05, 0) is 19.3 Å². The van der Waals surface area contributed by atoms with Crippen molar-refractivity contribution in [2.75, 3.05) is 20.2 Å². The van der Waals surface area contributed by atoms with Gasteiger partial charge in [-0.15, -0.1) is 0 Å². The van der Waals surface area contributed by atoms with Gasteiger partial charge in [-0.1, -0.05) is 5.16 Å². The van der Waals surface area contributed by atoms with Gasteiger partial charge in [0.05, 0.1) is 7.11 Å². The number of amides is 1. The summed E-state index contributed by atoms with van der Waals surface area (Å²) in [4.78, 5) is 22.8. The minimum atomic E-state index is -0.0287. The molecule has 0 radical (unpaired) electrons. The Labute approximate surface area is 151 Å². The first-order chi connectivity index (χ1) is 12.7. The third-order valence-corrected chi connectivity index (χ3v) is 4.96. The molecule has 1 saturated heterocycles. The lowest BCUT2D eigenvalue weighted by molar-refractivity contribution is 0.0576. The number of aryl methyl sites for hydroxylation is 1. The molecule has 2 aliphatic rings. The molecule has 1 aliphatic carbocycles. The summed E-state index contributed by atoms with van der Waals surface area (Å²) in [6.07, 6.45) is 7.08. The van der Waals surface area contributed by atoms with E-state index in [0.717, 1.165) is 49.8 Å². The van der Waals surface area contributed by atoms with Crippen LogP contribution in [-0.2, 0) is 12.8 Å². The zero-order chi connectivity index (χ0) is 17.9. The van der Waals surface area contributed by atoms with Gasteiger partial charge in [0.15, 0.2) is 5.69 Å². The molecule has 1 aliphatic heterocycles. The second-order valence-corrected chi connectivity index (χ2v) is 6.63. The SMILES string of the molecule is COc1nccc(OC2CCN(C(=O)c3noc4c3CCCC4)CC2)n1. The van der Waals surface area contributed by atoms with Crippen LogP contribution in [0.15, 0.2) is 16.8 Å². The average Bonchev–Trinajstić information content (AvgIpc) is 3.12. The van der Waals surface area contributed by atoms with E-state index in [1.54, 1.807) is 12.3 Å². The fourth-order valence-electron chi connectivity index (χ4n) is 3.54. The van der Waals surface area contributed by atoms with Crippen LogP contribution in [0.5, 0.6) is 11.9 Å². The molecular weight excluding hydrogens is 336 g/mol. The quantitative estimate of drug-likeness (QED) is 0.826. The first-order valence-electron chi connectivity index (χ1n) is 9.05. The molecule has 0 saturated carbocycles. The molecule has 8 heteroatoms. The molecule has 3 heterocycles. The van der Waals surface area contributed by atoms with Gasteiger partial charge in [0, 0.05) is 50.2 Å². The van der Waals surface area contributed by atoms with E-state index >= 15 is 0 Å². The molecule has 8 nitrogen and oxygen atoms in total. The van der Waals surface area contributed by atoms with Gasteiger partial charge in [-0.2, -0.15) is 4.98 Å². The zero-order valence-electron chi connectivity index (χ0n) is 14.8. The Hall–Kier alpha value is -2.64. The molecule has 0 spiro atoms. The van der Waals surface area contributed by atoms with Gasteiger partial charge >= 0.3 is 6.01 Å². The van der Waals surface area contributed by atoms with E-state index in [4.69, 9.17) is 14.0 Å². The Morgan fingerprint density at radius 1 is 1.27 bits per heavy atom. The van der Waals surface area contributed by atoms with Gasteiger partial charge in [0.25, 0.3) is 5.91 Å². The van der Waals surface area contributed by atoms with Crippen LogP contribution in [-0.4, -0.2) is 52.2 Å². The highest BCUT2D eigenvalue weighted by atomic mass is 16.5. The fraction of sp³-hybridized carbons (Fsp3) is 0.556. The number of rotatable bonds is 4. The molecule has 0 N–H and O–H groups in total. The highest BCUT2D eigenvalue weighted by molar-refractivity contribution is 5.94. The van der Waals surface area contributed by atoms with Crippen LogP contribution in [0, 0.1) is 0 Å². The van der Waals surface area contributed by atoms with E-state index < -0.39 is 0 Å². The molecule has 26 heavy (non-hydrogen) atoms. The van der Waals surface area contributed by atoms with E-state index in [9.17, 15) is 4.79 Å². The highest BCUT2D eigenvalue weighted by Crippen LogP contribution is 2.26. The number of fused-ring (bicyclic) bond motifs is 1. The summed E-state index contributed by atoms with van der Waals surface area (Å²) < 4.78 is 16.3. The molecule has 138 valence electrons. The predicted octanol–water partition coefficient (Wildman–Crippen LogP) is 2.04. The lowest BCUT2D eigenvalue weighted by Crippen LogP contribution is -2.42. The molecular formula is C18H22N4O4. The zero-order valence-corrected chi connectivity index (χ0v) is 14.8. The van der Waals surface area contributed by atoms with Crippen molar-refractivity contribution >= 4 is 5.91 Å². The Balaban J connectivity index is 1.36. The number of piperidine rings is 1. The van der Waals surface area contributed by atoms with Crippen molar-refractivity contribution < 1.29 is 18.8 Å². The van der Waals surface area contributed by atoms with Gasteiger partial charge < -0.3 is 18.9 Å². The standard InChI is InChI=1S/C18H22N4O4/c1-24-18-19-9-6-15(20-18)25-12-7-10-22(11-8-12)17(23)16-13-4-2-3-5-14(13)26-21-16/h6,9,12H,2-5,7-8,10-11H2,1H3. The van der Waals surface area contributed by atoms with Crippen molar-refractivity contribution in [1.82, 2.24) is 20.0 Å². The van der Waals surface area contributed by atoms with Gasteiger partial charge in [-0.25, -0.2) is 4.98 Å². The normalized spacial score (nSPS) is 17.7. The fourth-order valence-corrected chi connectivity index (χ4v) is 3.54. The molecule has 0 atom stereocenters. The van der Waals surface area contributed by atoms with Crippen molar-refractivity contribution in [2.24, 2.45) is 0 Å². The maximum atomic E-state index is 12.8. The molecule has 2 aromatic rings. The van der Waals surface area contributed by atoms with E-state index in [2.05, 4.69) is 15.1 Å². The number of hydrogen-bond acceptors (Lipinski definition) is 7. The smallest absolute Gasteiger partial charge is 0.319 e. The summed E-state index contributed by atoms with van der Waals surface area (Å²) in [5.74, 6) is 1.35. The topological polar surface area (TPSA) is 90.6 Å². The Morgan fingerprint density at radius 3 is 2.88 bits per heavy atom. The number of aromatic nitrogens is 3. The molecule has 1 fully saturated rings. The molecule has 0 unspecified atom stereocenters. The highest BCUT2D eigenvalue weighted by Gasteiger charge is 2.30. The van der Waals surface area contributed by atoms with Crippen molar-refractivity contribution in [3.05, 3.63) is 29.3 Å². The number of carbonyl (C=O) groups excluding carboxylic acids is 1. The third-order valence-electron chi connectivity index (χ3n) is 4.96. The lowest BCUT2D eigenvalue weighted by Gasteiger charge is -2.31. The largest absolute Gasteiger partial charge is 0.474 e. The monoisotopic (exact) mass is 358 g/mol. The average molecular weight is 358 g/mol. The van der Waals surface area contributed by atoms with Crippen molar-refractivity contribution in [1.29, 1.82) is 0 Å². The Kier molecular flexibility index (Phi) is 4.73. The summed E-state index contributed by atoms with van der Waals surface area (Å²) in [5.41, 5.74) is 1.51. The molecule has 1 amide bonds. The number of carbonyl (C=O) groups is 1. The maximum Gasteiger partial charge on any atom is 0.319 e. The molecule has 2 aromatic heterocycles. The minimum Gasteiger partial charge on any atom is -0.474 e. The van der Waals surface area contributed by atoms with Crippen molar-refractivity contribution in [2.45, 2.75) is 44.6 Å². The molecule has 0 bridgehead atoms. The van der Waals surface area contributed by atoms with Crippen LogP contribution in [0.25, 0.3) is 0 Å². The van der Waals surface area contributed by atoms with Crippen LogP contribution in [0.3, 0.4) is 0 Å². The van der Waals surface area contributed by atoms with Gasteiger partial charge in [0.2, 0.25) is 5.88 Å². The van der Waals surface area contributed by atoms with E-state index in [1.807, 2.05) is 4.90 Å². The first kappa shape index (κ1) is 16.8. The molecule has 4 rings (SSSR count). The molecule has 0 aromatic carbocycles. The van der Waals surface area contributed by atoms with Crippen LogP contribution < -0.4 is 9.47 Å². The van der Waals surface area contributed by atoms with E-state index in [0.29, 0.717) is 24.7 Å². The number of nitrogens with zero attached hydrogens (tertiary/aromatic N) is 4. The summed E-state index contributed by atoms with van der Waals surface area (Å²) in [6.45, 7) is 1.26. The van der Waals surface area contributed by atoms with E-state index in [1.165, 1.54) is 7.11 Å². The first-order valence-corrected chi connectivity index (χ1v) is 9.05. The second-order valence-electron chi connectivity index (χ2n) is 6.63. The van der Waals surface area contributed by atoms with E-state index in [-0.39, 0.29) is 18.0 Å². The maximum absolute atomic E-state index is 12.8. The van der Waals surface area contributed by atoms with Crippen LogP contribution in [0.4, 0.5) is 0 Å². The van der Waals surface area contributed by atoms with Crippen LogP contribution in [0.2, 0.25) is 0 Å². The number of ether oxygens (including phenoxy) is 2. The lowest BCUT2D eigenvalue weighted by atomic mass is 9.96. The minimum absolute atomic E-state index is 0.0184. The third kappa shape index (κ3) is 3.36. The summed E-state index contributed by atoms with van der Waals surface area (Å²) in [7, 11) is 1.52. The summed E-state index contributed by atoms with van der Waals surface area (Å²) in [6, 6.07) is 1.99. The number of likely N-dealkylation sites (tertiary alicyclic amines) is 1. The Morgan fingerprint density at radius 2 is 2.08 bits per heavy atom. The Bertz CT molecular complexity index is 783. The van der Waals surface area contributed by atoms with Crippen LogP contribution >= 0.6 is 0 Å². The van der Waals surface area contributed by atoms with Crippen LogP contribution in [0.1, 0.15) is 47.5 Å². The van der Waals surface area contributed by atoms with Crippen molar-refractivity contribution in [3.63, 3.8) is 0 Å². The van der Waals surface area contributed by atoms with Crippen molar-refractivity contribution in [3.8, 4) is 11.9 Å². The number of hydrogen-bond donors (Lipinski definition) is 0.